The van der Waals surface area contributed by atoms with Crippen molar-refractivity contribution in [3.05, 3.63) is 22.7 Å². The summed E-state index contributed by atoms with van der Waals surface area (Å²) in [5, 5.41) is 1.83. The van der Waals surface area contributed by atoms with Crippen LogP contribution < -0.4 is 10.2 Å². The van der Waals surface area contributed by atoms with Gasteiger partial charge in [-0.25, -0.2) is 0 Å². The third kappa shape index (κ3) is 3.40. The Balaban J connectivity index is 2.12. The van der Waals surface area contributed by atoms with Crippen LogP contribution in [-0.2, 0) is 4.79 Å². The van der Waals surface area contributed by atoms with Crippen molar-refractivity contribution >= 4 is 33.2 Å². The van der Waals surface area contributed by atoms with E-state index >= 15 is 0 Å². The minimum Gasteiger partial charge on any atom is -0.371 e. The van der Waals surface area contributed by atoms with Gasteiger partial charge < -0.3 is 10.2 Å². The number of halogens is 4. The van der Waals surface area contributed by atoms with E-state index in [1.807, 2.05) is 5.32 Å². The molecule has 0 radical (unpaired) electrons. The van der Waals surface area contributed by atoms with Crippen LogP contribution in [0.4, 0.5) is 24.5 Å². The Morgan fingerprint density at radius 3 is 2.42 bits per heavy atom. The smallest absolute Gasteiger partial charge is 0.371 e. The number of nitrogens with zero attached hydrogens (tertiary/aromatic N) is 1. The first kappa shape index (κ1) is 14.2. The maximum Gasteiger partial charge on any atom is 0.471 e. The summed E-state index contributed by atoms with van der Waals surface area (Å²) in [7, 11) is 0. The molecule has 2 rings (SSSR count). The number of hydrogen-bond donors (Lipinski definition) is 1. The first-order chi connectivity index (χ1) is 8.88. The van der Waals surface area contributed by atoms with Crippen molar-refractivity contribution in [3.8, 4) is 0 Å². The summed E-state index contributed by atoms with van der Waals surface area (Å²) in [6.45, 7) is 1.87. The molecule has 1 aliphatic heterocycles. The molecule has 19 heavy (non-hydrogen) atoms. The SMILES string of the molecule is O=C(Nc1ccc(N2CCCC2)c(Br)c1)C(F)(F)F. The van der Waals surface area contributed by atoms with E-state index in [1.165, 1.54) is 12.1 Å². The average Bonchev–Trinajstić information content (AvgIpc) is 2.81. The quantitative estimate of drug-likeness (QED) is 0.895. The fourth-order valence-corrected chi connectivity index (χ4v) is 2.63. The van der Waals surface area contributed by atoms with Crippen molar-refractivity contribution in [1.29, 1.82) is 0 Å². The van der Waals surface area contributed by atoms with Crippen LogP contribution in [0.25, 0.3) is 0 Å². The summed E-state index contributed by atoms with van der Waals surface area (Å²) in [5.41, 5.74) is 1.06. The minimum absolute atomic E-state index is 0.122. The molecule has 1 aliphatic rings. The molecule has 104 valence electrons. The van der Waals surface area contributed by atoms with Crippen LogP contribution in [0.3, 0.4) is 0 Å². The van der Waals surface area contributed by atoms with Crippen LogP contribution in [-0.4, -0.2) is 25.2 Å². The maximum atomic E-state index is 12.1. The van der Waals surface area contributed by atoms with Crippen molar-refractivity contribution in [2.24, 2.45) is 0 Å². The van der Waals surface area contributed by atoms with Gasteiger partial charge in [-0.15, -0.1) is 0 Å². The van der Waals surface area contributed by atoms with Gasteiger partial charge in [-0.05, 0) is 47.0 Å². The van der Waals surface area contributed by atoms with E-state index < -0.39 is 12.1 Å². The van der Waals surface area contributed by atoms with Gasteiger partial charge in [0.05, 0.1) is 5.69 Å². The highest BCUT2D eigenvalue weighted by atomic mass is 79.9. The molecule has 7 heteroatoms. The summed E-state index contributed by atoms with van der Waals surface area (Å²) in [6.07, 6.45) is -2.65. The normalized spacial score (nSPS) is 15.7. The van der Waals surface area contributed by atoms with Crippen molar-refractivity contribution in [2.75, 3.05) is 23.3 Å². The minimum atomic E-state index is -4.87. The van der Waals surface area contributed by atoms with Crippen molar-refractivity contribution in [2.45, 2.75) is 19.0 Å². The fourth-order valence-electron chi connectivity index (χ4n) is 2.00. The van der Waals surface area contributed by atoms with Gasteiger partial charge in [-0.3, -0.25) is 4.79 Å². The lowest BCUT2D eigenvalue weighted by atomic mass is 10.2. The monoisotopic (exact) mass is 336 g/mol. The molecular formula is C12H12BrF3N2O. The fraction of sp³-hybridized carbons (Fsp3) is 0.417. The Hall–Kier alpha value is -1.24. The van der Waals surface area contributed by atoms with Crippen molar-refractivity contribution in [3.63, 3.8) is 0 Å². The average molecular weight is 337 g/mol. The molecule has 1 N–H and O–H groups in total. The largest absolute Gasteiger partial charge is 0.471 e. The number of benzene rings is 1. The number of amides is 1. The third-order valence-electron chi connectivity index (χ3n) is 2.91. The van der Waals surface area contributed by atoms with Gasteiger partial charge in [0.2, 0.25) is 0 Å². The van der Waals surface area contributed by atoms with Gasteiger partial charge in [-0.1, -0.05) is 0 Å². The Morgan fingerprint density at radius 2 is 1.89 bits per heavy atom. The zero-order valence-electron chi connectivity index (χ0n) is 9.93. The lowest BCUT2D eigenvalue weighted by molar-refractivity contribution is -0.167. The van der Waals surface area contributed by atoms with Gasteiger partial charge in [0.1, 0.15) is 0 Å². The van der Waals surface area contributed by atoms with Gasteiger partial charge in [0, 0.05) is 23.2 Å². The molecule has 3 nitrogen and oxygen atoms in total. The van der Waals surface area contributed by atoms with Gasteiger partial charge in [0.25, 0.3) is 0 Å². The molecule has 0 aromatic heterocycles. The lowest BCUT2D eigenvalue weighted by Gasteiger charge is -2.20. The Morgan fingerprint density at radius 1 is 1.26 bits per heavy atom. The molecule has 0 saturated carbocycles. The third-order valence-corrected chi connectivity index (χ3v) is 3.54. The van der Waals surface area contributed by atoms with Crippen LogP contribution in [0.15, 0.2) is 22.7 Å². The first-order valence-electron chi connectivity index (χ1n) is 5.80. The molecule has 0 bridgehead atoms. The number of rotatable bonds is 2. The van der Waals surface area contributed by atoms with E-state index in [1.54, 1.807) is 6.07 Å². The summed E-state index contributed by atoms with van der Waals surface area (Å²) < 4.78 is 37.1. The van der Waals surface area contributed by atoms with Crippen molar-refractivity contribution in [1.82, 2.24) is 0 Å². The first-order valence-corrected chi connectivity index (χ1v) is 6.60. The Labute approximate surface area is 116 Å². The second-order valence-electron chi connectivity index (χ2n) is 4.31. The number of nitrogens with one attached hydrogen (secondary N) is 1. The molecule has 0 unspecified atom stereocenters. The molecule has 1 saturated heterocycles. The molecular weight excluding hydrogens is 325 g/mol. The van der Waals surface area contributed by atoms with E-state index in [2.05, 4.69) is 20.8 Å². The molecule has 1 amide bonds. The van der Waals surface area contributed by atoms with Crippen LogP contribution in [0.5, 0.6) is 0 Å². The Bertz CT molecular complexity index is 484. The zero-order chi connectivity index (χ0) is 14.0. The standard InChI is InChI=1S/C12H12BrF3N2O/c13-9-7-8(17-11(19)12(14,15)16)3-4-10(9)18-5-1-2-6-18/h3-4,7H,1-2,5-6H2,(H,17,19). The highest BCUT2D eigenvalue weighted by molar-refractivity contribution is 9.10. The van der Waals surface area contributed by atoms with Gasteiger partial charge >= 0.3 is 12.1 Å². The van der Waals surface area contributed by atoms with Crippen LogP contribution in [0, 0.1) is 0 Å². The summed E-state index contributed by atoms with van der Waals surface area (Å²) in [6, 6.07) is 4.67. The predicted octanol–water partition coefficient (Wildman–Crippen LogP) is 3.55. The topological polar surface area (TPSA) is 32.3 Å². The zero-order valence-corrected chi connectivity index (χ0v) is 11.5. The highest BCUT2D eigenvalue weighted by Gasteiger charge is 2.38. The molecule has 1 heterocycles. The number of carbonyl (C=O) groups excluding carboxylic acids is 1. The second kappa shape index (κ2) is 5.40. The number of carbonyl (C=O) groups is 1. The molecule has 1 fully saturated rings. The molecule has 0 spiro atoms. The Kier molecular flexibility index (Phi) is 4.03. The van der Waals surface area contributed by atoms with E-state index in [-0.39, 0.29) is 5.69 Å². The molecule has 0 atom stereocenters. The van der Waals surface area contributed by atoms with Crippen molar-refractivity contribution < 1.29 is 18.0 Å². The second-order valence-corrected chi connectivity index (χ2v) is 5.17. The summed E-state index contributed by atoms with van der Waals surface area (Å²) in [4.78, 5) is 13.0. The summed E-state index contributed by atoms with van der Waals surface area (Å²) in [5.74, 6) is -1.96. The van der Waals surface area contributed by atoms with Gasteiger partial charge in [0.15, 0.2) is 0 Å². The highest BCUT2D eigenvalue weighted by Crippen LogP contribution is 2.32. The van der Waals surface area contributed by atoms with Gasteiger partial charge in [-0.2, -0.15) is 13.2 Å². The van der Waals surface area contributed by atoms with E-state index in [0.29, 0.717) is 4.47 Å². The lowest BCUT2D eigenvalue weighted by Crippen LogP contribution is -2.30. The number of anilines is 2. The maximum absolute atomic E-state index is 12.1. The molecule has 1 aromatic carbocycles. The predicted molar refractivity (Wildman–Crippen MR) is 70.3 cm³/mol. The van der Waals surface area contributed by atoms with Crippen LogP contribution in [0.1, 0.15) is 12.8 Å². The van der Waals surface area contributed by atoms with E-state index in [4.69, 9.17) is 0 Å². The number of alkyl halides is 3. The van der Waals surface area contributed by atoms with E-state index in [0.717, 1.165) is 31.6 Å². The number of hydrogen-bond acceptors (Lipinski definition) is 2. The molecule has 0 aliphatic carbocycles. The molecule has 1 aromatic rings. The van der Waals surface area contributed by atoms with Crippen LogP contribution in [0.2, 0.25) is 0 Å². The van der Waals surface area contributed by atoms with E-state index in [9.17, 15) is 18.0 Å². The van der Waals surface area contributed by atoms with Crippen LogP contribution >= 0.6 is 15.9 Å². The summed E-state index contributed by atoms with van der Waals surface area (Å²) >= 11 is 3.32.